The molecule has 1 heterocycles. The highest BCUT2D eigenvalue weighted by Crippen LogP contribution is 2.08. The Balaban J connectivity index is 2.73. The van der Waals surface area contributed by atoms with E-state index in [1.807, 2.05) is 0 Å². The van der Waals surface area contributed by atoms with Crippen molar-refractivity contribution in [1.29, 1.82) is 0 Å². The Labute approximate surface area is 83.7 Å². The average Bonchev–Trinajstić information content (AvgIpc) is 2.14. The number of nitrogens with zero attached hydrogens (tertiary/aromatic N) is 2. The predicted molar refractivity (Wildman–Crippen MR) is 55.9 cm³/mol. The standard InChI is InChI=1S/C9H16N4O/c1-3-4-11-8-5-7(10)12-9(13-8)6-14-2/h5H,3-4,6H2,1-2H3,(H3,10,11,12,13). The maximum Gasteiger partial charge on any atom is 0.158 e. The molecule has 14 heavy (non-hydrogen) atoms. The van der Waals surface area contributed by atoms with Crippen molar-refractivity contribution in [3.63, 3.8) is 0 Å². The second-order valence-electron chi connectivity index (χ2n) is 2.95. The summed E-state index contributed by atoms with van der Waals surface area (Å²) in [5.74, 6) is 1.82. The third kappa shape index (κ3) is 3.18. The summed E-state index contributed by atoms with van der Waals surface area (Å²) in [7, 11) is 1.60. The van der Waals surface area contributed by atoms with Gasteiger partial charge in [0, 0.05) is 19.7 Å². The summed E-state index contributed by atoms with van der Waals surface area (Å²) >= 11 is 0. The molecule has 0 saturated heterocycles. The number of aromatic nitrogens is 2. The van der Waals surface area contributed by atoms with Crippen LogP contribution in [0.25, 0.3) is 0 Å². The van der Waals surface area contributed by atoms with E-state index in [9.17, 15) is 0 Å². The van der Waals surface area contributed by atoms with Crippen molar-refractivity contribution in [2.45, 2.75) is 20.0 Å². The molecule has 1 rings (SSSR count). The van der Waals surface area contributed by atoms with E-state index < -0.39 is 0 Å². The van der Waals surface area contributed by atoms with Crippen molar-refractivity contribution in [2.24, 2.45) is 0 Å². The molecule has 0 aromatic carbocycles. The summed E-state index contributed by atoms with van der Waals surface area (Å²) < 4.78 is 4.93. The number of ether oxygens (including phenoxy) is 1. The van der Waals surface area contributed by atoms with Crippen LogP contribution in [0.2, 0.25) is 0 Å². The van der Waals surface area contributed by atoms with Crippen molar-refractivity contribution in [1.82, 2.24) is 9.97 Å². The van der Waals surface area contributed by atoms with Crippen LogP contribution in [0, 0.1) is 0 Å². The number of nitrogens with two attached hydrogens (primary N) is 1. The van der Waals surface area contributed by atoms with Gasteiger partial charge in [-0.3, -0.25) is 0 Å². The number of hydrogen-bond acceptors (Lipinski definition) is 5. The molecule has 0 radical (unpaired) electrons. The van der Waals surface area contributed by atoms with Gasteiger partial charge in [0.05, 0.1) is 0 Å². The van der Waals surface area contributed by atoms with Gasteiger partial charge < -0.3 is 15.8 Å². The Bertz CT molecular complexity index is 290. The molecule has 5 heteroatoms. The van der Waals surface area contributed by atoms with Crippen LogP contribution in [0.1, 0.15) is 19.2 Å². The van der Waals surface area contributed by atoms with Crippen LogP contribution < -0.4 is 11.1 Å². The minimum absolute atomic E-state index is 0.381. The first-order valence-electron chi connectivity index (χ1n) is 4.62. The highest BCUT2D eigenvalue weighted by atomic mass is 16.5. The van der Waals surface area contributed by atoms with Gasteiger partial charge >= 0.3 is 0 Å². The number of methoxy groups -OCH3 is 1. The van der Waals surface area contributed by atoms with Gasteiger partial charge in [-0.15, -0.1) is 0 Å². The Hall–Kier alpha value is -1.36. The summed E-state index contributed by atoms with van der Waals surface area (Å²) in [6.45, 7) is 3.35. The lowest BCUT2D eigenvalue weighted by molar-refractivity contribution is 0.178. The van der Waals surface area contributed by atoms with Gasteiger partial charge in [-0.05, 0) is 6.42 Å². The number of nitrogen functional groups attached to an aromatic ring is 1. The quantitative estimate of drug-likeness (QED) is 0.735. The maximum atomic E-state index is 5.61. The van der Waals surface area contributed by atoms with Gasteiger partial charge in [0.25, 0.3) is 0 Å². The second kappa shape index (κ2) is 5.39. The first kappa shape index (κ1) is 10.7. The molecule has 0 fully saturated rings. The van der Waals surface area contributed by atoms with Crippen LogP contribution in [0.4, 0.5) is 11.6 Å². The molecule has 1 aromatic heterocycles. The molecule has 5 nitrogen and oxygen atoms in total. The van der Waals surface area contributed by atoms with E-state index in [0.29, 0.717) is 18.2 Å². The molecule has 1 aromatic rings. The lowest BCUT2D eigenvalue weighted by Gasteiger charge is -2.06. The molecule has 0 aliphatic rings. The largest absolute Gasteiger partial charge is 0.384 e. The molecule has 0 atom stereocenters. The number of hydrogen-bond donors (Lipinski definition) is 2. The van der Waals surface area contributed by atoms with Gasteiger partial charge in [0.2, 0.25) is 0 Å². The summed E-state index contributed by atoms with van der Waals surface area (Å²) in [5, 5.41) is 3.15. The second-order valence-corrected chi connectivity index (χ2v) is 2.95. The van der Waals surface area contributed by atoms with E-state index in [2.05, 4.69) is 22.2 Å². The van der Waals surface area contributed by atoms with Crippen molar-refractivity contribution < 1.29 is 4.74 Å². The third-order valence-electron chi connectivity index (χ3n) is 1.62. The zero-order valence-corrected chi connectivity index (χ0v) is 8.58. The van der Waals surface area contributed by atoms with E-state index >= 15 is 0 Å². The van der Waals surface area contributed by atoms with Gasteiger partial charge in [-0.1, -0.05) is 6.92 Å². The molecule has 0 aliphatic heterocycles. The Morgan fingerprint density at radius 3 is 2.93 bits per heavy atom. The molecule has 0 saturated carbocycles. The molecule has 78 valence electrons. The molecular weight excluding hydrogens is 180 g/mol. The molecule has 0 aliphatic carbocycles. The summed E-state index contributed by atoms with van der Waals surface area (Å²) in [6.07, 6.45) is 1.05. The van der Waals surface area contributed by atoms with Crippen LogP contribution in [0.5, 0.6) is 0 Å². The monoisotopic (exact) mass is 196 g/mol. The lowest BCUT2D eigenvalue weighted by atomic mass is 10.4. The van der Waals surface area contributed by atoms with Crippen molar-refractivity contribution in [3.05, 3.63) is 11.9 Å². The normalized spacial score (nSPS) is 10.1. The average molecular weight is 196 g/mol. The molecule has 0 unspecified atom stereocenters. The van der Waals surface area contributed by atoms with E-state index in [4.69, 9.17) is 10.5 Å². The van der Waals surface area contributed by atoms with Gasteiger partial charge in [0.1, 0.15) is 18.2 Å². The van der Waals surface area contributed by atoms with Gasteiger partial charge in [-0.25, -0.2) is 9.97 Å². The SMILES string of the molecule is CCCNc1cc(N)nc(COC)n1. The fourth-order valence-corrected chi connectivity index (χ4v) is 1.05. The number of nitrogens with one attached hydrogen (secondary N) is 1. The highest BCUT2D eigenvalue weighted by molar-refractivity contribution is 5.44. The van der Waals surface area contributed by atoms with E-state index in [1.54, 1.807) is 13.2 Å². The zero-order chi connectivity index (χ0) is 10.4. The lowest BCUT2D eigenvalue weighted by Crippen LogP contribution is -2.07. The fourth-order valence-electron chi connectivity index (χ4n) is 1.05. The smallest absolute Gasteiger partial charge is 0.158 e. The molecule has 0 amide bonds. The minimum atomic E-state index is 0.381. The van der Waals surface area contributed by atoms with Crippen LogP contribution in [-0.4, -0.2) is 23.6 Å². The van der Waals surface area contributed by atoms with Crippen LogP contribution in [-0.2, 0) is 11.3 Å². The summed E-state index contributed by atoms with van der Waals surface area (Å²) in [4.78, 5) is 8.27. The maximum absolute atomic E-state index is 5.61. The molecular formula is C9H16N4O. The number of rotatable bonds is 5. The molecule has 0 bridgehead atoms. The van der Waals surface area contributed by atoms with Gasteiger partial charge in [0.15, 0.2) is 5.82 Å². The van der Waals surface area contributed by atoms with E-state index in [1.165, 1.54) is 0 Å². The number of anilines is 2. The van der Waals surface area contributed by atoms with Crippen molar-refractivity contribution in [3.8, 4) is 0 Å². The first-order chi connectivity index (χ1) is 6.76. The topological polar surface area (TPSA) is 73.1 Å². The van der Waals surface area contributed by atoms with Gasteiger partial charge in [-0.2, -0.15) is 0 Å². The van der Waals surface area contributed by atoms with Crippen LogP contribution >= 0.6 is 0 Å². The molecule has 3 N–H and O–H groups in total. The fraction of sp³-hybridized carbons (Fsp3) is 0.556. The molecule has 0 spiro atoms. The van der Waals surface area contributed by atoms with Crippen LogP contribution in [0.3, 0.4) is 0 Å². The highest BCUT2D eigenvalue weighted by Gasteiger charge is 2.01. The first-order valence-corrected chi connectivity index (χ1v) is 4.62. The Morgan fingerprint density at radius 1 is 1.50 bits per heavy atom. The van der Waals surface area contributed by atoms with Crippen LogP contribution in [0.15, 0.2) is 6.07 Å². The predicted octanol–water partition coefficient (Wildman–Crippen LogP) is 1.03. The van der Waals surface area contributed by atoms with E-state index in [0.717, 1.165) is 18.8 Å². The van der Waals surface area contributed by atoms with E-state index in [-0.39, 0.29) is 0 Å². The Morgan fingerprint density at radius 2 is 2.29 bits per heavy atom. The van der Waals surface area contributed by atoms with Crippen molar-refractivity contribution >= 4 is 11.6 Å². The zero-order valence-electron chi connectivity index (χ0n) is 8.58. The third-order valence-corrected chi connectivity index (χ3v) is 1.62. The Kier molecular flexibility index (Phi) is 4.12. The van der Waals surface area contributed by atoms with Crippen molar-refractivity contribution in [2.75, 3.05) is 24.7 Å². The summed E-state index contributed by atoms with van der Waals surface area (Å²) in [6, 6.07) is 1.72. The minimum Gasteiger partial charge on any atom is -0.384 e. The summed E-state index contributed by atoms with van der Waals surface area (Å²) in [5.41, 5.74) is 5.61.